The molecule has 0 saturated carbocycles. The smallest absolute Gasteiger partial charge is 0.545 e. The van der Waals surface area contributed by atoms with Crippen molar-refractivity contribution in [2.24, 2.45) is 0 Å². The van der Waals surface area contributed by atoms with E-state index in [1.54, 1.807) is 6.26 Å². The van der Waals surface area contributed by atoms with Crippen molar-refractivity contribution in [3.63, 3.8) is 0 Å². The molecule has 0 radical (unpaired) electrons. The average Bonchev–Trinajstić information content (AvgIpc) is 2.19. The van der Waals surface area contributed by atoms with Gasteiger partial charge < -0.3 is 24.4 Å². The summed E-state index contributed by atoms with van der Waals surface area (Å²) in [4.78, 5) is 20.5. The molecule has 0 aliphatic rings. The van der Waals surface area contributed by atoms with Gasteiger partial charge in [0.15, 0.2) is 0 Å². The topological polar surface area (TPSA) is 100 Å². The van der Waals surface area contributed by atoms with Crippen LogP contribution in [0, 0.1) is 0 Å². The number of carboxylic acids is 2. The van der Waals surface area contributed by atoms with Crippen LogP contribution in [0.15, 0.2) is 24.3 Å². The van der Waals surface area contributed by atoms with Crippen molar-refractivity contribution in [2.75, 3.05) is 6.26 Å². The molecule has 5 nitrogen and oxygen atoms in total. The number of benzene rings is 1. The molecular weight excluding hydrogens is 260 g/mol. The van der Waals surface area contributed by atoms with Crippen LogP contribution in [0.4, 0.5) is 0 Å². The fourth-order valence-corrected chi connectivity index (χ4v) is 0.773. The molecule has 0 saturated heterocycles. The Kier molecular flexibility index (Phi) is 11.2. The van der Waals surface area contributed by atoms with Gasteiger partial charge in [-0.05, 0) is 29.2 Å². The molecule has 0 aliphatic carbocycles. The molecule has 0 heterocycles. The molecule has 0 unspecified atom stereocenters. The third-order valence-electron chi connectivity index (χ3n) is 1.33. The summed E-state index contributed by atoms with van der Waals surface area (Å²) in [6.07, 6.45) is 1.60. The predicted molar refractivity (Wildman–Crippen MR) is 57.0 cm³/mol. The molecule has 1 aromatic carbocycles. The third kappa shape index (κ3) is 7.08. The minimum atomic E-state index is -1.40. The van der Waals surface area contributed by atoms with Gasteiger partial charge in [-0.15, -0.1) is 0 Å². The predicted octanol–water partition coefficient (Wildman–Crippen LogP) is -1.14. The molecule has 0 spiro atoms. The maximum atomic E-state index is 10.3. The van der Waals surface area contributed by atoms with E-state index in [1.165, 1.54) is 18.2 Å². The van der Waals surface area contributed by atoms with Gasteiger partial charge in [-0.25, -0.2) is 0 Å². The number of aromatic carboxylic acids is 2. The fourth-order valence-electron chi connectivity index (χ4n) is 0.773. The average molecular weight is 268 g/mol. The Hall–Kier alpha value is -0.270. The monoisotopic (exact) mass is 268 g/mol. The molecule has 1 N–H and O–H groups in total. The first-order valence-corrected chi connectivity index (χ1v) is 4.91. The summed E-state index contributed by atoms with van der Waals surface area (Å²) in [5.74, 6) is -2.81. The molecule has 16 heavy (non-hydrogen) atoms. The molecule has 7 heteroatoms. The Labute approximate surface area is 127 Å². The Morgan fingerprint density at radius 3 is 1.75 bits per heavy atom. The molecule has 0 aromatic heterocycles. The fraction of sp³-hybridized carbons (Fsp3) is 0.111. The van der Waals surface area contributed by atoms with Gasteiger partial charge in [0.1, 0.15) is 0 Å². The van der Waals surface area contributed by atoms with E-state index in [0.717, 1.165) is 18.1 Å². The first-order valence-electron chi connectivity index (χ1n) is 3.73. The zero-order valence-electron chi connectivity index (χ0n) is 8.50. The van der Waals surface area contributed by atoms with E-state index in [9.17, 15) is 19.8 Å². The molecule has 1 rings (SSSR count). The number of hydrogen-bond donors (Lipinski definition) is 1. The zero-order chi connectivity index (χ0) is 11.8. The van der Waals surface area contributed by atoms with Crippen molar-refractivity contribution in [1.82, 2.24) is 0 Å². The Bertz CT molecular complexity index is 326. The number of carbonyl (C=O) groups excluding carboxylic acids is 2. The van der Waals surface area contributed by atoms with Crippen LogP contribution in [0.2, 0.25) is 0 Å². The van der Waals surface area contributed by atoms with Crippen LogP contribution in [-0.2, 0) is 0 Å². The van der Waals surface area contributed by atoms with Crippen molar-refractivity contribution in [3.8, 4) is 0 Å². The zero-order valence-corrected chi connectivity index (χ0v) is 11.5. The molecule has 82 valence electrons. The van der Waals surface area contributed by atoms with Gasteiger partial charge in [-0.3, -0.25) is 0 Å². The number of carboxylic acid groups (broad SMARTS) is 2. The van der Waals surface area contributed by atoms with E-state index in [1.807, 2.05) is 0 Å². The summed E-state index contributed by atoms with van der Waals surface area (Å²) in [5.41, 5.74) is -0.339. The van der Waals surface area contributed by atoms with Gasteiger partial charge in [0.25, 0.3) is 0 Å². The normalized spacial score (nSPS) is 8.12. The van der Waals surface area contributed by atoms with Crippen molar-refractivity contribution < 1.29 is 24.4 Å². The van der Waals surface area contributed by atoms with Gasteiger partial charge in [-0.1, -0.05) is 18.2 Å². The second-order valence-corrected chi connectivity index (χ2v) is 2.70. The minimum Gasteiger partial charge on any atom is -0.545 e. The minimum absolute atomic E-state index is 0. The summed E-state index contributed by atoms with van der Waals surface area (Å²) in [5, 5.41) is 20.5. The Morgan fingerprint density at radius 2 is 1.50 bits per heavy atom. The quantitative estimate of drug-likeness (QED) is 0.537. The molecule has 0 amide bonds. The van der Waals surface area contributed by atoms with Crippen LogP contribution in [0.25, 0.3) is 0 Å². The molecule has 1 aromatic rings. The van der Waals surface area contributed by atoms with E-state index < -0.39 is 11.9 Å². The molecule has 0 fully saturated rings. The van der Waals surface area contributed by atoms with Gasteiger partial charge in [0, 0.05) is 6.26 Å². The van der Waals surface area contributed by atoms with Crippen LogP contribution in [-0.4, -0.2) is 60.5 Å². The Balaban J connectivity index is 0. The SMILES string of the molecule is CSO.O=C([O-])c1cccc(C(=O)[O-])c1.[Ca+2]. The first-order chi connectivity index (χ1) is 7.02. The van der Waals surface area contributed by atoms with Crippen molar-refractivity contribution in [3.05, 3.63) is 35.4 Å². The van der Waals surface area contributed by atoms with E-state index in [0.29, 0.717) is 0 Å². The molecular formula is C9H8CaO5S. The van der Waals surface area contributed by atoms with Gasteiger partial charge in [0.2, 0.25) is 0 Å². The largest absolute Gasteiger partial charge is 2.00 e. The maximum Gasteiger partial charge on any atom is 2.00 e. The van der Waals surface area contributed by atoms with Gasteiger partial charge >= 0.3 is 37.7 Å². The maximum absolute atomic E-state index is 10.3. The Morgan fingerprint density at radius 1 is 1.19 bits per heavy atom. The van der Waals surface area contributed by atoms with E-state index >= 15 is 0 Å². The van der Waals surface area contributed by atoms with E-state index in [4.69, 9.17) is 4.55 Å². The first kappa shape index (κ1) is 18.1. The number of hydrogen-bond acceptors (Lipinski definition) is 6. The van der Waals surface area contributed by atoms with Crippen LogP contribution < -0.4 is 10.2 Å². The standard InChI is InChI=1S/C8H6O4.CH4OS.Ca/c9-7(10)5-2-1-3-6(4-5)8(11)12;1-3-2;/h1-4H,(H,9,10)(H,11,12);2H,1H3;/q;;+2/p-2. The molecule has 0 bridgehead atoms. The second-order valence-electron chi connectivity index (χ2n) is 2.34. The number of carbonyl (C=O) groups is 2. The van der Waals surface area contributed by atoms with E-state index in [-0.39, 0.29) is 48.9 Å². The second kappa shape index (κ2) is 9.92. The third-order valence-corrected chi connectivity index (χ3v) is 1.33. The molecule has 0 aliphatic heterocycles. The van der Waals surface area contributed by atoms with Crippen molar-refractivity contribution >= 4 is 61.7 Å². The van der Waals surface area contributed by atoms with Gasteiger partial charge in [-0.2, -0.15) is 0 Å². The van der Waals surface area contributed by atoms with Crippen molar-refractivity contribution in [2.45, 2.75) is 0 Å². The van der Waals surface area contributed by atoms with Crippen LogP contribution >= 0.6 is 12.0 Å². The van der Waals surface area contributed by atoms with Crippen LogP contribution in [0.3, 0.4) is 0 Å². The van der Waals surface area contributed by atoms with Crippen molar-refractivity contribution in [1.29, 1.82) is 0 Å². The summed E-state index contributed by atoms with van der Waals surface area (Å²) in [6.45, 7) is 0. The summed E-state index contributed by atoms with van der Waals surface area (Å²) in [6, 6.07) is 4.81. The van der Waals surface area contributed by atoms with E-state index in [2.05, 4.69) is 0 Å². The summed E-state index contributed by atoms with van der Waals surface area (Å²) >= 11 is 0.750. The van der Waals surface area contributed by atoms with Gasteiger partial charge in [0.05, 0.1) is 11.9 Å². The molecule has 0 atom stereocenters. The summed E-state index contributed by atoms with van der Waals surface area (Å²) in [7, 11) is 0. The van der Waals surface area contributed by atoms with Crippen LogP contribution in [0.5, 0.6) is 0 Å². The number of rotatable bonds is 2. The van der Waals surface area contributed by atoms with Crippen LogP contribution in [0.1, 0.15) is 20.7 Å². The summed E-state index contributed by atoms with van der Waals surface area (Å²) < 4.78 is 7.49.